The van der Waals surface area contributed by atoms with Crippen LogP contribution < -0.4 is 4.74 Å². The van der Waals surface area contributed by atoms with Crippen LogP contribution in [0.4, 0.5) is 13.2 Å². The van der Waals surface area contributed by atoms with Crippen molar-refractivity contribution in [3.8, 4) is 5.75 Å². The lowest BCUT2D eigenvalue weighted by atomic mass is 10.1. The molecule has 0 aromatic heterocycles. The second-order valence-electron chi connectivity index (χ2n) is 4.65. The van der Waals surface area contributed by atoms with E-state index in [9.17, 15) is 22.8 Å². The second kappa shape index (κ2) is 6.87. The van der Waals surface area contributed by atoms with Crippen molar-refractivity contribution in [1.82, 2.24) is 4.90 Å². The summed E-state index contributed by atoms with van der Waals surface area (Å²) in [7, 11) is 0. The van der Waals surface area contributed by atoms with Crippen LogP contribution >= 0.6 is 12.4 Å². The Kier molecular flexibility index (Phi) is 5.65. The molecule has 1 aliphatic rings. The fourth-order valence-electron chi connectivity index (χ4n) is 2.13. The molecular formula is C13H13ClF3NO4. The van der Waals surface area contributed by atoms with Gasteiger partial charge in [0.05, 0.1) is 5.92 Å². The number of hydrogen-bond acceptors (Lipinski definition) is 3. The van der Waals surface area contributed by atoms with Crippen molar-refractivity contribution >= 4 is 24.3 Å². The quantitative estimate of drug-likeness (QED) is 0.919. The smallest absolute Gasteiger partial charge is 0.481 e. The van der Waals surface area contributed by atoms with E-state index in [1.807, 2.05) is 0 Å². The second-order valence-corrected chi connectivity index (χ2v) is 4.65. The van der Waals surface area contributed by atoms with Gasteiger partial charge in [-0.1, -0.05) is 0 Å². The number of benzene rings is 1. The summed E-state index contributed by atoms with van der Waals surface area (Å²) in [5.74, 6) is -2.37. The van der Waals surface area contributed by atoms with Gasteiger partial charge in [0.1, 0.15) is 5.75 Å². The molecular weight excluding hydrogens is 327 g/mol. The van der Waals surface area contributed by atoms with Crippen LogP contribution in [0, 0.1) is 5.92 Å². The summed E-state index contributed by atoms with van der Waals surface area (Å²) in [6, 6.07) is 4.53. The fourth-order valence-corrected chi connectivity index (χ4v) is 2.13. The first-order valence-electron chi connectivity index (χ1n) is 6.14. The molecule has 1 aromatic rings. The first-order valence-corrected chi connectivity index (χ1v) is 6.14. The predicted molar refractivity (Wildman–Crippen MR) is 72.0 cm³/mol. The number of amides is 1. The molecule has 0 saturated carbocycles. The first-order chi connectivity index (χ1) is 9.76. The van der Waals surface area contributed by atoms with Crippen LogP contribution in [0.3, 0.4) is 0 Å². The van der Waals surface area contributed by atoms with Gasteiger partial charge >= 0.3 is 12.3 Å². The van der Waals surface area contributed by atoms with Crippen molar-refractivity contribution in [1.29, 1.82) is 0 Å². The number of rotatable bonds is 3. The van der Waals surface area contributed by atoms with Crippen LogP contribution in [0.5, 0.6) is 5.75 Å². The number of carbonyl (C=O) groups is 2. The number of carbonyl (C=O) groups excluding carboxylic acids is 1. The lowest BCUT2D eigenvalue weighted by molar-refractivity contribution is -0.274. The molecule has 5 nitrogen and oxygen atoms in total. The molecule has 122 valence electrons. The molecule has 1 unspecified atom stereocenters. The lowest BCUT2D eigenvalue weighted by Gasteiger charge is -2.16. The highest BCUT2D eigenvalue weighted by Gasteiger charge is 2.32. The minimum Gasteiger partial charge on any atom is -0.481 e. The molecule has 0 spiro atoms. The molecule has 1 aliphatic heterocycles. The molecule has 1 atom stereocenters. The molecule has 0 aliphatic carbocycles. The average Bonchev–Trinajstić information content (AvgIpc) is 2.86. The Morgan fingerprint density at radius 2 is 1.82 bits per heavy atom. The monoisotopic (exact) mass is 339 g/mol. The van der Waals surface area contributed by atoms with Gasteiger partial charge in [-0.25, -0.2) is 0 Å². The maximum Gasteiger partial charge on any atom is 0.573 e. The minimum atomic E-state index is -4.78. The molecule has 2 rings (SSSR count). The van der Waals surface area contributed by atoms with Gasteiger partial charge in [0.2, 0.25) is 0 Å². The summed E-state index contributed by atoms with van der Waals surface area (Å²) in [5.41, 5.74) is 0.190. The summed E-state index contributed by atoms with van der Waals surface area (Å²) in [6.45, 7) is 0.422. The van der Waals surface area contributed by atoms with Gasteiger partial charge in [-0.2, -0.15) is 0 Å². The number of carboxylic acids is 1. The molecule has 9 heteroatoms. The number of aliphatic carboxylic acids is 1. The molecule has 1 aromatic carbocycles. The van der Waals surface area contributed by atoms with Crippen molar-refractivity contribution in [2.75, 3.05) is 13.1 Å². The van der Waals surface area contributed by atoms with E-state index in [-0.39, 0.29) is 24.5 Å². The van der Waals surface area contributed by atoms with E-state index in [2.05, 4.69) is 4.74 Å². The number of likely N-dealkylation sites (tertiary alicyclic amines) is 1. The van der Waals surface area contributed by atoms with Crippen molar-refractivity contribution in [2.45, 2.75) is 12.8 Å². The van der Waals surface area contributed by atoms with Gasteiger partial charge in [0.15, 0.2) is 0 Å². The van der Waals surface area contributed by atoms with Gasteiger partial charge in [-0.15, -0.1) is 25.6 Å². The van der Waals surface area contributed by atoms with E-state index in [4.69, 9.17) is 5.11 Å². The third-order valence-electron chi connectivity index (χ3n) is 3.16. The standard InChI is InChI=1S/C13H12F3NO4.ClH/c14-13(15,16)21-10-3-1-8(2-4-10)11(18)17-6-5-9(7-17)12(19)20;/h1-4,9H,5-7H2,(H,19,20);1H. The minimum absolute atomic E-state index is 0. The van der Waals surface area contributed by atoms with Gasteiger partial charge in [-0.05, 0) is 30.7 Å². The van der Waals surface area contributed by atoms with E-state index in [0.29, 0.717) is 13.0 Å². The van der Waals surface area contributed by atoms with Crippen LogP contribution in [-0.4, -0.2) is 41.3 Å². The molecule has 1 amide bonds. The number of hydrogen-bond donors (Lipinski definition) is 1. The maximum absolute atomic E-state index is 12.1. The van der Waals surface area contributed by atoms with E-state index in [1.54, 1.807) is 0 Å². The van der Waals surface area contributed by atoms with Crippen molar-refractivity contribution in [3.05, 3.63) is 29.8 Å². The van der Waals surface area contributed by atoms with E-state index in [0.717, 1.165) is 12.1 Å². The Morgan fingerprint density at radius 3 is 2.27 bits per heavy atom. The summed E-state index contributed by atoms with van der Waals surface area (Å²) < 4.78 is 39.7. The van der Waals surface area contributed by atoms with Crippen LogP contribution in [0.1, 0.15) is 16.8 Å². The zero-order valence-electron chi connectivity index (χ0n) is 11.2. The van der Waals surface area contributed by atoms with Crippen LogP contribution in [0.25, 0.3) is 0 Å². The van der Waals surface area contributed by atoms with Crippen molar-refractivity contribution < 1.29 is 32.6 Å². The van der Waals surface area contributed by atoms with Gasteiger partial charge in [0.25, 0.3) is 5.91 Å². The number of carboxylic acid groups (broad SMARTS) is 1. The maximum atomic E-state index is 12.1. The Hall–Kier alpha value is -1.96. The molecule has 1 fully saturated rings. The zero-order valence-corrected chi connectivity index (χ0v) is 12.0. The van der Waals surface area contributed by atoms with Gasteiger partial charge in [0, 0.05) is 18.7 Å². The summed E-state index contributed by atoms with van der Waals surface area (Å²) in [5, 5.41) is 8.87. The average molecular weight is 340 g/mol. The van der Waals surface area contributed by atoms with Gasteiger partial charge in [-0.3, -0.25) is 9.59 Å². The molecule has 1 saturated heterocycles. The Bertz CT molecular complexity index is 547. The normalized spacial score (nSPS) is 17.8. The van der Waals surface area contributed by atoms with Crippen LogP contribution in [0.15, 0.2) is 24.3 Å². The topological polar surface area (TPSA) is 66.8 Å². The molecule has 1 heterocycles. The Balaban J connectivity index is 0.00000242. The third-order valence-corrected chi connectivity index (χ3v) is 3.16. The number of ether oxygens (including phenoxy) is 1. The fraction of sp³-hybridized carbons (Fsp3) is 0.385. The summed E-state index contributed by atoms with van der Waals surface area (Å²) in [6.07, 6.45) is -4.41. The van der Waals surface area contributed by atoms with Gasteiger partial charge < -0.3 is 14.7 Å². The van der Waals surface area contributed by atoms with E-state index in [1.165, 1.54) is 17.0 Å². The zero-order chi connectivity index (χ0) is 15.6. The SMILES string of the molecule is Cl.O=C(O)C1CCN(C(=O)c2ccc(OC(F)(F)F)cc2)C1. The highest BCUT2D eigenvalue weighted by molar-refractivity contribution is 5.94. The van der Waals surface area contributed by atoms with Crippen LogP contribution in [-0.2, 0) is 4.79 Å². The van der Waals surface area contributed by atoms with Crippen molar-refractivity contribution in [3.63, 3.8) is 0 Å². The lowest BCUT2D eigenvalue weighted by Crippen LogP contribution is -2.29. The Labute approximate surface area is 130 Å². The number of halogens is 4. The molecule has 22 heavy (non-hydrogen) atoms. The highest BCUT2D eigenvalue weighted by Crippen LogP contribution is 2.24. The summed E-state index contributed by atoms with van der Waals surface area (Å²) >= 11 is 0. The summed E-state index contributed by atoms with van der Waals surface area (Å²) in [4.78, 5) is 24.3. The molecule has 1 N–H and O–H groups in total. The highest BCUT2D eigenvalue weighted by atomic mass is 35.5. The van der Waals surface area contributed by atoms with Crippen LogP contribution in [0.2, 0.25) is 0 Å². The third kappa shape index (κ3) is 4.52. The van der Waals surface area contributed by atoms with Crippen molar-refractivity contribution in [2.24, 2.45) is 5.92 Å². The van der Waals surface area contributed by atoms with E-state index >= 15 is 0 Å². The largest absolute Gasteiger partial charge is 0.573 e. The molecule has 0 bridgehead atoms. The van der Waals surface area contributed by atoms with E-state index < -0.39 is 29.9 Å². The number of nitrogens with zero attached hydrogens (tertiary/aromatic N) is 1. The molecule has 0 radical (unpaired) electrons. The first kappa shape index (κ1) is 18.1. The number of alkyl halides is 3. The predicted octanol–water partition coefficient (Wildman–Crippen LogP) is 2.55. The Morgan fingerprint density at radius 1 is 1.23 bits per heavy atom.